The minimum atomic E-state index is -0.543. The van der Waals surface area contributed by atoms with E-state index in [4.69, 9.17) is 10.5 Å². The molecule has 0 spiro atoms. The molecule has 0 bridgehead atoms. The molecule has 2 aromatic heterocycles. The summed E-state index contributed by atoms with van der Waals surface area (Å²) in [5.74, 6) is -0.210. The van der Waals surface area contributed by atoms with E-state index in [1.807, 2.05) is 18.2 Å². The summed E-state index contributed by atoms with van der Waals surface area (Å²) in [6.07, 6.45) is 2.88. The van der Waals surface area contributed by atoms with Gasteiger partial charge in [-0.1, -0.05) is 18.2 Å². The molecule has 3 N–H and O–H groups in total. The third-order valence-electron chi connectivity index (χ3n) is 4.02. The number of ether oxygens (including phenoxy) is 1. The van der Waals surface area contributed by atoms with Crippen LogP contribution in [0.15, 0.2) is 73.1 Å². The van der Waals surface area contributed by atoms with Crippen LogP contribution in [0.2, 0.25) is 0 Å². The molecule has 2 heterocycles. The van der Waals surface area contributed by atoms with Crippen molar-refractivity contribution in [2.24, 2.45) is 5.73 Å². The number of carbonyl (C=O) groups excluding carboxylic acids is 2. The molecule has 0 unspecified atom stereocenters. The molecule has 4 rings (SSSR count). The van der Waals surface area contributed by atoms with Crippen molar-refractivity contribution in [2.45, 2.75) is 0 Å². The second kappa shape index (κ2) is 7.73. The molecule has 0 saturated carbocycles. The Labute approximate surface area is 165 Å². The van der Waals surface area contributed by atoms with E-state index in [1.54, 1.807) is 36.4 Å². The molecule has 142 valence electrons. The van der Waals surface area contributed by atoms with Gasteiger partial charge in [0.05, 0.1) is 29.1 Å². The fourth-order valence-corrected chi connectivity index (χ4v) is 2.61. The fraction of sp³-hybridized carbons (Fsp3) is 0. The Kier molecular flexibility index (Phi) is 4.81. The van der Waals surface area contributed by atoms with Gasteiger partial charge in [-0.2, -0.15) is 0 Å². The van der Waals surface area contributed by atoms with Gasteiger partial charge in [0.15, 0.2) is 0 Å². The first-order chi connectivity index (χ1) is 14.1. The topological polar surface area (TPSA) is 120 Å². The van der Waals surface area contributed by atoms with Crippen LogP contribution in [0.25, 0.3) is 11.0 Å². The summed E-state index contributed by atoms with van der Waals surface area (Å²) in [5, 5.41) is 2.72. The molecule has 8 nitrogen and oxygen atoms in total. The summed E-state index contributed by atoms with van der Waals surface area (Å²) in [7, 11) is 0. The Bertz CT molecular complexity index is 1210. The van der Waals surface area contributed by atoms with Gasteiger partial charge in [-0.05, 0) is 36.4 Å². The molecule has 0 aliphatic heterocycles. The Balaban J connectivity index is 1.45. The second-order valence-corrected chi connectivity index (χ2v) is 6.08. The van der Waals surface area contributed by atoms with Gasteiger partial charge in [0.2, 0.25) is 11.8 Å². The van der Waals surface area contributed by atoms with Gasteiger partial charge in [0.1, 0.15) is 11.4 Å². The zero-order valence-corrected chi connectivity index (χ0v) is 15.1. The lowest BCUT2D eigenvalue weighted by atomic mass is 10.2. The zero-order chi connectivity index (χ0) is 20.2. The van der Waals surface area contributed by atoms with Gasteiger partial charge in [0.25, 0.3) is 5.91 Å². The Morgan fingerprint density at radius 2 is 1.72 bits per heavy atom. The SMILES string of the molecule is NC(=O)c1cccc(Oc2ccc(NC(=O)c3cnc4ccccc4n3)cn2)c1. The maximum absolute atomic E-state index is 12.4. The van der Waals surface area contributed by atoms with Gasteiger partial charge in [-0.25, -0.2) is 9.97 Å². The fourth-order valence-electron chi connectivity index (χ4n) is 2.61. The first-order valence-corrected chi connectivity index (χ1v) is 8.65. The van der Waals surface area contributed by atoms with Crippen LogP contribution in [0.4, 0.5) is 5.69 Å². The Hall–Kier alpha value is -4.33. The van der Waals surface area contributed by atoms with Gasteiger partial charge in [-0.15, -0.1) is 0 Å². The number of nitrogens with zero attached hydrogens (tertiary/aromatic N) is 3. The molecule has 4 aromatic rings. The number of carbonyl (C=O) groups is 2. The predicted molar refractivity (Wildman–Crippen MR) is 107 cm³/mol. The van der Waals surface area contributed by atoms with Crippen LogP contribution in [0.5, 0.6) is 11.6 Å². The van der Waals surface area contributed by atoms with Gasteiger partial charge >= 0.3 is 0 Å². The van der Waals surface area contributed by atoms with E-state index in [2.05, 4.69) is 20.3 Å². The van der Waals surface area contributed by atoms with E-state index in [-0.39, 0.29) is 5.69 Å². The summed E-state index contributed by atoms with van der Waals surface area (Å²) in [4.78, 5) is 36.4. The van der Waals surface area contributed by atoms with Crippen molar-refractivity contribution >= 4 is 28.5 Å². The highest BCUT2D eigenvalue weighted by Crippen LogP contribution is 2.21. The number of anilines is 1. The average Bonchev–Trinajstić information content (AvgIpc) is 2.75. The molecule has 0 atom stereocenters. The average molecular weight is 385 g/mol. The van der Waals surface area contributed by atoms with Crippen molar-refractivity contribution < 1.29 is 14.3 Å². The molecular formula is C21H15N5O3. The van der Waals surface area contributed by atoms with Crippen molar-refractivity contribution in [3.8, 4) is 11.6 Å². The largest absolute Gasteiger partial charge is 0.439 e. The van der Waals surface area contributed by atoms with Gasteiger partial charge in [-0.3, -0.25) is 14.6 Å². The van der Waals surface area contributed by atoms with Crippen LogP contribution in [0.3, 0.4) is 0 Å². The van der Waals surface area contributed by atoms with Crippen molar-refractivity contribution in [1.82, 2.24) is 15.0 Å². The normalized spacial score (nSPS) is 10.5. The Morgan fingerprint density at radius 3 is 2.48 bits per heavy atom. The number of primary amides is 1. The summed E-state index contributed by atoms with van der Waals surface area (Å²) in [6.45, 7) is 0. The number of hydrogen-bond acceptors (Lipinski definition) is 6. The molecular weight excluding hydrogens is 370 g/mol. The van der Waals surface area contributed by atoms with Crippen molar-refractivity contribution in [3.05, 3.63) is 84.3 Å². The van der Waals surface area contributed by atoms with Crippen LogP contribution in [0, 0.1) is 0 Å². The molecule has 0 fully saturated rings. The molecule has 2 aromatic carbocycles. The highest BCUT2D eigenvalue weighted by Gasteiger charge is 2.10. The van der Waals surface area contributed by atoms with E-state index < -0.39 is 11.8 Å². The molecule has 8 heteroatoms. The number of aromatic nitrogens is 3. The number of amides is 2. The van der Waals surface area contributed by atoms with E-state index >= 15 is 0 Å². The van der Waals surface area contributed by atoms with E-state index in [0.29, 0.717) is 33.9 Å². The van der Waals surface area contributed by atoms with Crippen molar-refractivity contribution in [3.63, 3.8) is 0 Å². The maximum atomic E-state index is 12.4. The quantitative estimate of drug-likeness (QED) is 0.544. The highest BCUT2D eigenvalue weighted by atomic mass is 16.5. The Morgan fingerprint density at radius 1 is 0.897 bits per heavy atom. The number of para-hydroxylation sites is 2. The third-order valence-corrected chi connectivity index (χ3v) is 4.02. The van der Waals surface area contributed by atoms with E-state index in [9.17, 15) is 9.59 Å². The predicted octanol–water partition coefficient (Wildman–Crippen LogP) is 3.17. The number of rotatable bonds is 5. The first kappa shape index (κ1) is 18.1. The molecule has 0 aliphatic rings. The van der Waals surface area contributed by atoms with E-state index in [1.165, 1.54) is 18.5 Å². The monoisotopic (exact) mass is 385 g/mol. The lowest BCUT2D eigenvalue weighted by Crippen LogP contribution is -2.14. The smallest absolute Gasteiger partial charge is 0.275 e. The third kappa shape index (κ3) is 4.16. The van der Waals surface area contributed by atoms with Gasteiger partial charge in [0, 0.05) is 11.6 Å². The highest BCUT2D eigenvalue weighted by molar-refractivity contribution is 6.03. The number of pyridine rings is 1. The second-order valence-electron chi connectivity index (χ2n) is 6.08. The van der Waals surface area contributed by atoms with Crippen LogP contribution in [-0.4, -0.2) is 26.8 Å². The summed E-state index contributed by atoms with van der Waals surface area (Å²) < 4.78 is 5.61. The minimum Gasteiger partial charge on any atom is -0.439 e. The van der Waals surface area contributed by atoms with Crippen LogP contribution in [-0.2, 0) is 0 Å². The minimum absolute atomic E-state index is 0.201. The molecule has 0 aliphatic carbocycles. The molecule has 2 amide bonds. The van der Waals surface area contributed by atoms with E-state index in [0.717, 1.165) is 0 Å². The van der Waals surface area contributed by atoms with Crippen molar-refractivity contribution in [1.29, 1.82) is 0 Å². The summed E-state index contributed by atoms with van der Waals surface area (Å²) in [5.41, 5.74) is 7.63. The van der Waals surface area contributed by atoms with Gasteiger partial charge < -0.3 is 15.8 Å². The van der Waals surface area contributed by atoms with Crippen LogP contribution >= 0.6 is 0 Å². The zero-order valence-electron chi connectivity index (χ0n) is 15.1. The maximum Gasteiger partial charge on any atom is 0.275 e. The molecule has 29 heavy (non-hydrogen) atoms. The molecule has 0 radical (unpaired) electrons. The number of benzene rings is 2. The summed E-state index contributed by atoms with van der Waals surface area (Å²) >= 11 is 0. The standard InChI is InChI=1S/C21H15N5O3/c22-20(27)13-4-3-5-15(10-13)29-19-9-8-14(11-24-19)25-21(28)18-12-23-16-6-1-2-7-17(16)26-18/h1-12H,(H2,22,27)(H,25,28). The first-order valence-electron chi connectivity index (χ1n) is 8.65. The number of nitrogens with one attached hydrogen (secondary N) is 1. The number of nitrogens with two attached hydrogens (primary N) is 1. The number of hydrogen-bond donors (Lipinski definition) is 2. The lowest BCUT2D eigenvalue weighted by molar-refractivity contribution is 0.0997. The summed E-state index contributed by atoms with van der Waals surface area (Å²) in [6, 6.07) is 17.0. The van der Waals surface area contributed by atoms with Crippen LogP contribution in [0.1, 0.15) is 20.8 Å². The lowest BCUT2D eigenvalue weighted by Gasteiger charge is -2.08. The number of fused-ring (bicyclic) bond motifs is 1. The van der Waals surface area contributed by atoms with Crippen LogP contribution < -0.4 is 15.8 Å². The molecule has 0 saturated heterocycles. The van der Waals surface area contributed by atoms with Crippen molar-refractivity contribution in [2.75, 3.05) is 5.32 Å².